The normalized spacial score (nSPS) is 22.4. The molecule has 1 aliphatic rings. The standard InChI is InChI=1S/C16H25N3O/c1-19(2)14-8-5-7-12(10-14)16(20)18-15-9-4-3-6-13(15)11-17/h5,7-8,10,13,15H,3-4,6,9,11,17H2,1-2H3,(H,18,20). The number of nitrogens with zero attached hydrogens (tertiary/aromatic N) is 1. The van der Waals surface area contributed by atoms with Crippen LogP contribution in [0.2, 0.25) is 0 Å². The van der Waals surface area contributed by atoms with Gasteiger partial charge in [-0.3, -0.25) is 4.79 Å². The smallest absolute Gasteiger partial charge is 0.251 e. The summed E-state index contributed by atoms with van der Waals surface area (Å²) in [6, 6.07) is 7.94. The van der Waals surface area contributed by atoms with Crippen molar-refractivity contribution in [2.24, 2.45) is 11.7 Å². The molecule has 1 aromatic rings. The van der Waals surface area contributed by atoms with Crippen LogP contribution in [0.25, 0.3) is 0 Å². The summed E-state index contributed by atoms with van der Waals surface area (Å²) < 4.78 is 0. The van der Waals surface area contributed by atoms with Crippen LogP contribution >= 0.6 is 0 Å². The van der Waals surface area contributed by atoms with E-state index < -0.39 is 0 Å². The van der Waals surface area contributed by atoms with Crippen LogP contribution in [-0.4, -0.2) is 32.6 Å². The lowest BCUT2D eigenvalue weighted by atomic mass is 9.84. The first-order valence-electron chi connectivity index (χ1n) is 7.40. The highest BCUT2D eigenvalue weighted by molar-refractivity contribution is 5.95. The number of nitrogens with two attached hydrogens (primary N) is 1. The lowest BCUT2D eigenvalue weighted by molar-refractivity contribution is 0.0908. The first kappa shape index (κ1) is 14.9. The maximum Gasteiger partial charge on any atom is 0.251 e. The second kappa shape index (κ2) is 6.75. The number of nitrogens with one attached hydrogen (secondary N) is 1. The summed E-state index contributed by atoms with van der Waals surface area (Å²) in [5.74, 6) is 0.434. The summed E-state index contributed by atoms with van der Waals surface area (Å²) in [4.78, 5) is 14.4. The van der Waals surface area contributed by atoms with Gasteiger partial charge in [-0.2, -0.15) is 0 Å². The Balaban J connectivity index is 2.05. The lowest BCUT2D eigenvalue weighted by Gasteiger charge is -2.31. The van der Waals surface area contributed by atoms with E-state index in [4.69, 9.17) is 5.73 Å². The largest absolute Gasteiger partial charge is 0.378 e. The van der Waals surface area contributed by atoms with Crippen LogP contribution in [0.1, 0.15) is 36.0 Å². The Morgan fingerprint density at radius 2 is 2.10 bits per heavy atom. The third kappa shape index (κ3) is 3.51. The molecule has 1 aliphatic carbocycles. The van der Waals surface area contributed by atoms with Crippen molar-refractivity contribution in [2.75, 3.05) is 25.5 Å². The minimum absolute atomic E-state index is 0.0130. The maximum atomic E-state index is 12.4. The van der Waals surface area contributed by atoms with Crippen molar-refractivity contribution in [2.45, 2.75) is 31.7 Å². The Labute approximate surface area is 121 Å². The van der Waals surface area contributed by atoms with Crippen molar-refractivity contribution >= 4 is 11.6 Å². The second-order valence-electron chi connectivity index (χ2n) is 5.80. The molecule has 0 aliphatic heterocycles. The Morgan fingerprint density at radius 1 is 1.35 bits per heavy atom. The molecular formula is C16H25N3O. The van der Waals surface area contributed by atoms with Crippen molar-refractivity contribution in [1.82, 2.24) is 5.32 Å². The maximum absolute atomic E-state index is 12.4. The highest BCUT2D eigenvalue weighted by atomic mass is 16.1. The van der Waals surface area contributed by atoms with Gasteiger partial charge in [-0.05, 0) is 43.5 Å². The molecule has 20 heavy (non-hydrogen) atoms. The highest BCUT2D eigenvalue weighted by Crippen LogP contribution is 2.24. The van der Waals surface area contributed by atoms with Crippen LogP contribution in [0.4, 0.5) is 5.69 Å². The van der Waals surface area contributed by atoms with E-state index in [1.807, 2.05) is 43.3 Å². The summed E-state index contributed by atoms with van der Waals surface area (Å²) in [6.45, 7) is 0.655. The van der Waals surface area contributed by atoms with Crippen molar-refractivity contribution in [3.05, 3.63) is 29.8 Å². The molecule has 3 N–H and O–H groups in total. The van der Waals surface area contributed by atoms with Gasteiger partial charge in [0.15, 0.2) is 0 Å². The molecule has 0 bridgehead atoms. The van der Waals surface area contributed by atoms with Crippen molar-refractivity contribution in [1.29, 1.82) is 0 Å². The van der Waals surface area contributed by atoms with Gasteiger partial charge in [0.2, 0.25) is 0 Å². The Bertz CT molecular complexity index is 459. The van der Waals surface area contributed by atoms with Crippen LogP contribution in [0, 0.1) is 5.92 Å². The van der Waals surface area contributed by atoms with Crippen molar-refractivity contribution in [3.63, 3.8) is 0 Å². The van der Waals surface area contributed by atoms with Gasteiger partial charge in [0.05, 0.1) is 0 Å². The van der Waals surface area contributed by atoms with Crippen LogP contribution in [0.15, 0.2) is 24.3 Å². The third-order valence-electron chi connectivity index (χ3n) is 4.15. The number of amides is 1. The van der Waals surface area contributed by atoms with Crippen molar-refractivity contribution < 1.29 is 4.79 Å². The average molecular weight is 275 g/mol. The molecule has 110 valence electrons. The third-order valence-corrected chi connectivity index (χ3v) is 4.15. The summed E-state index contributed by atoms with van der Waals surface area (Å²) in [7, 11) is 3.95. The van der Waals surface area contributed by atoms with E-state index in [1.54, 1.807) is 0 Å². The molecule has 0 radical (unpaired) electrons. The molecule has 2 rings (SSSR count). The van der Waals surface area contributed by atoms with E-state index in [0.717, 1.165) is 24.1 Å². The van der Waals surface area contributed by atoms with E-state index in [9.17, 15) is 4.79 Å². The SMILES string of the molecule is CN(C)c1cccc(C(=O)NC2CCCCC2CN)c1. The fourth-order valence-electron chi connectivity index (χ4n) is 2.86. The van der Waals surface area contributed by atoms with Gasteiger partial charge in [-0.1, -0.05) is 18.9 Å². The van der Waals surface area contributed by atoms with Crippen LogP contribution in [0.3, 0.4) is 0 Å². The molecule has 0 heterocycles. The molecule has 0 saturated heterocycles. The van der Waals surface area contributed by atoms with E-state index in [0.29, 0.717) is 12.5 Å². The molecule has 1 aromatic carbocycles. The van der Waals surface area contributed by atoms with E-state index >= 15 is 0 Å². The predicted molar refractivity (Wildman–Crippen MR) is 83.0 cm³/mol. The van der Waals surface area contributed by atoms with E-state index in [1.165, 1.54) is 12.8 Å². The average Bonchev–Trinajstić information content (AvgIpc) is 2.48. The van der Waals surface area contributed by atoms with Gasteiger partial charge in [0.1, 0.15) is 0 Å². The van der Waals surface area contributed by atoms with Crippen LogP contribution < -0.4 is 16.0 Å². The zero-order valence-electron chi connectivity index (χ0n) is 12.4. The van der Waals surface area contributed by atoms with Crippen LogP contribution in [-0.2, 0) is 0 Å². The molecule has 1 amide bonds. The number of carbonyl (C=O) groups excluding carboxylic acids is 1. The number of rotatable bonds is 4. The number of benzene rings is 1. The zero-order chi connectivity index (χ0) is 14.5. The Morgan fingerprint density at radius 3 is 2.80 bits per heavy atom. The quantitative estimate of drug-likeness (QED) is 0.883. The molecule has 4 nitrogen and oxygen atoms in total. The first-order chi connectivity index (χ1) is 9.61. The fourth-order valence-corrected chi connectivity index (χ4v) is 2.86. The van der Waals surface area contributed by atoms with Gasteiger partial charge < -0.3 is 16.0 Å². The van der Waals surface area contributed by atoms with Gasteiger partial charge in [-0.15, -0.1) is 0 Å². The van der Waals surface area contributed by atoms with E-state index in [2.05, 4.69) is 5.32 Å². The summed E-state index contributed by atoms with van der Waals surface area (Å²) >= 11 is 0. The predicted octanol–water partition coefficient (Wildman–Crippen LogP) is 2.00. The zero-order valence-corrected chi connectivity index (χ0v) is 12.4. The molecule has 1 fully saturated rings. The second-order valence-corrected chi connectivity index (χ2v) is 5.80. The molecule has 2 atom stereocenters. The molecule has 0 aromatic heterocycles. The number of carbonyl (C=O) groups is 1. The van der Waals surface area contributed by atoms with Gasteiger partial charge >= 0.3 is 0 Å². The molecular weight excluding hydrogens is 250 g/mol. The summed E-state index contributed by atoms with van der Waals surface area (Å²) in [5.41, 5.74) is 7.57. The number of hydrogen-bond acceptors (Lipinski definition) is 3. The minimum Gasteiger partial charge on any atom is -0.378 e. The van der Waals surface area contributed by atoms with Gasteiger partial charge in [-0.25, -0.2) is 0 Å². The van der Waals surface area contributed by atoms with Crippen LogP contribution in [0.5, 0.6) is 0 Å². The minimum atomic E-state index is 0.0130. The molecule has 0 spiro atoms. The van der Waals surface area contributed by atoms with Gasteiger partial charge in [0, 0.05) is 31.4 Å². The monoisotopic (exact) mass is 275 g/mol. The molecule has 2 unspecified atom stereocenters. The topological polar surface area (TPSA) is 58.4 Å². The Kier molecular flexibility index (Phi) is 5.01. The Hall–Kier alpha value is -1.55. The molecule has 4 heteroatoms. The fraction of sp³-hybridized carbons (Fsp3) is 0.562. The number of anilines is 1. The lowest BCUT2D eigenvalue weighted by Crippen LogP contribution is -2.44. The number of hydrogen-bond donors (Lipinski definition) is 2. The van der Waals surface area contributed by atoms with Crippen molar-refractivity contribution in [3.8, 4) is 0 Å². The van der Waals surface area contributed by atoms with Gasteiger partial charge in [0.25, 0.3) is 5.91 Å². The summed E-state index contributed by atoms with van der Waals surface area (Å²) in [6.07, 6.45) is 4.57. The molecule has 1 saturated carbocycles. The highest BCUT2D eigenvalue weighted by Gasteiger charge is 2.25. The summed E-state index contributed by atoms with van der Waals surface area (Å²) in [5, 5.41) is 3.16. The van der Waals surface area contributed by atoms with E-state index in [-0.39, 0.29) is 11.9 Å². The first-order valence-corrected chi connectivity index (χ1v) is 7.40.